The first-order valence-corrected chi connectivity index (χ1v) is 11.5. The number of nitrogens with zero attached hydrogens (tertiary/aromatic N) is 3. The van der Waals surface area contributed by atoms with Crippen molar-refractivity contribution in [3.63, 3.8) is 0 Å². The van der Waals surface area contributed by atoms with E-state index in [1.807, 2.05) is 7.05 Å². The van der Waals surface area contributed by atoms with Crippen molar-refractivity contribution < 1.29 is 0 Å². The zero-order valence-corrected chi connectivity index (χ0v) is 21.6. The zero-order valence-electron chi connectivity index (χ0n) is 18.4. The van der Waals surface area contributed by atoms with Gasteiger partial charge in [0.25, 0.3) is 0 Å². The molecule has 1 aliphatic rings. The lowest BCUT2D eigenvalue weighted by Crippen LogP contribution is -2.38. The number of nitrogens with one attached hydrogen (secondary N) is 2. The summed E-state index contributed by atoms with van der Waals surface area (Å²) >= 11 is 1.75. The van der Waals surface area contributed by atoms with Crippen LogP contribution in [-0.4, -0.2) is 62.6 Å². The van der Waals surface area contributed by atoms with E-state index in [4.69, 9.17) is 0 Å². The van der Waals surface area contributed by atoms with Crippen molar-refractivity contribution in [2.45, 2.75) is 32.4 Å². The van der Waals surface area contributed by atoms with E-state index in [0.29, 0.717) is 5.92 Å². The summed E-state index contributed by atoms with van der Waals surface area (Å²) in [6, 6.07) is 11.2. The van der Waals surface area contributed by atoms with Crippen LogP contribution in [0.2, 0.25) is 0 Å². The quantitative estimate of drug-likeness (QED) is 0.317. The van der Waals surface area contributed by atoms with E-state index >= 15 is 0 Å². The summed E-state index contributed by atoms with van der Waals surface area (Å²) in [6.45, 7) is 9.67. The third-order valence-electron chi connectivity index (χ3n) is 5.61. The molecule has 1 aromatic heterocycles. The third kappa shape index (κ3) is 8.17. The van der Waals surface area contributed by atoms with Gasteiger partial charge in [-0.05, 0) is 66.0 Å². The zero-order chi connectivity index (χ0) is 20.5. The number of thiophene rings is 1. The maximum atomic E-state index is 4.35. The van der Waals surface area contributed by atoms with Crippen LogP contribution in [-0.2, 0) is 13.1 Å². The molecule has 2 N–H and O–H groups in total. The van der Waals surface area contributed by atoms with E-state index in [1.165, 1.54) is 42.7 Å². The minimum absolute atomic E-state index is 0. The van der Waals surface area contributed by atoms with Gasteiger partial charge in [-0.3, -0.25) is 9.89 Å². The molecular weight excluding hydrogens is 505 g/mol. The highest BCUT2D eigenvalue weighted by Crippen LogP contribution is 2.17. The Hall–Kier alpha value is -1.16. The fraction of sp³-hybridized carbons (Fsp3) is 0.522. The molecule has 1 aliphatic heterocycles. The van der Waals surface area contributed by atoms with Crippen LogP contribution in [0.1, 0.15) is 36.0 Å². The average Bonchev–Trinajstić information content (AvgIpc) is 3.20. The number of halogens is 1. The van der Waals surface area contributed by atoms with Gasteiger partial charge in [0.05, 0.1) is 0 Å². The summed E-state index contributed by atoms with van der Waals surface area (Å²) in [7, 11) is 4.04. The van der Waals surface area contributed by atoms with E-state index in [-0.39, 0.29) is 24.0 Å². The monoisotopic (exact) mass is 541 g/mol. The van der Waals surface area contributed by atoms with Crippen LogP contribution >= 0.6 is 35.3 Å². The average molecular weight is 542 g/mol. The van der Waals surface area contributed by atoms with Crippen LogP contribution in [0.5, 0.6) is 0 Å². The van der Waals surface area contributed by atoms with Crippen LogP contribution in [0.25, 0.3) is 0 Å². The predicted molar refractivity (Wildman–Crippen MR) is 140 cm³/mol. The Balaban J connectivity index is 0.00000320. The summed E-state index contributed by atoms with van der Waals surface area (Å²) in [5, 5.41) is 11.2. The van der Waals surface area contributed by atoms with Gasteiger partial charge in [0.1, 0.15) is 0 Å². The summed E-state index contributed by atoms with van der Waals surface area (Å²) < 4.78 is 0. The molecule has 2 aromatic rings. The second kappa shape index (κ2) is 13.3. The molecule has 1 atom stereocenters. The van der Waals surface area contributed by atoms with Gasteiger partial charge in [-0.2, -0.15) is 11.3 Å². The molecule has 5 nitrogen and oxygen atoms in total. The summed E-state index contributed by atoms with van der Waals surface area (Å²) in [4.78, 5) is 9.35. The van der Waals surface area contributed by atoms with Gasteiger partial charge in [-0.25, -0.2) is 0 Å². The standard InChI is InChI=1S/C23H35N5S.HI/c1-19(22-9-14-29-18-22)15-25-23(24-2)26-16-20-5-7-21(8-6-20)17-28-11-4-10-27(3)12-13-28;/h5-9,14,18-19H,4,10-13,15-17H2,1-3H3,(H2,24,25,26);1H. The van der Waals surface area contributed by atoms with Crippen molar-refractivity contribution in [2.24, 2.45) is 4.99 Å². The van der Waals surface area contributed by atoms with Crippen LogP contribution in [0.3, 0.4) is 0 Å². The Kier molecular flexibility index (Phi) is 11.1. The van der Waals surface area contributed by atoms with Crippen molar-refractivity contribution in [3.8, 4) is 0 Å². The van der Waals surface area contributed by atoms with Crippen LogP contribution in [0, 0.1) is 0 Å². The molecule has 1 saturated heterocycles. The highest BCUT2D eigenvalue weighted by molar-refractivity contribution is 14.0. The molecule has 7 heteroatoms. The van der Waals surface area contributed by atoms with Gasteiger partial charge < -0.3 is 15.5 Å². The Bertz CT molecular complexity index is 747. The molecule has 30 heavy (non-hydrogen) atoms. The van der Waals surface area contributed by atoms with Gasteiger partial charge >= 0.3 is 0 Å². The first kappa shape index (κ1) is 25.1. The van der Waals surface area contributed by atoms with E-state index in [2.05, 4.69) is 80.5 Å². The van der Waals surface area contributed by atoms with E-state index in [0.717, 1.165) is 32.1 Å². The third-order valence-corrected chi connectivity index (χ3v) is 6.31. The Morgan fingerprint density at radius 2 is 1.83 bits per heavy atom. The number of rotatable bonds is 7. The van der Waals surface area contributed by atoms with Crippen molar-refractivity contribution in [2.75, 3.05) is 46.8 Å². The van der Waals surface area contributed by atoms with Crippen molar-refractivity contribution in [1.82, 2.24) is 20.4 Å². The lowest BCUT2D eigenvalue weighted by Gasteiger charge is -2.20. The fourth-order valence-corrected chi connectivity index (χ4v) is 4.39. The predicted octanol–water partition coefficient (Wildman–Crippen LogP) is 3.97. The second-order valence-corrected chi connectivity index (χ2v) is 8.79. The Labute approximate surface area is 203 Å². The Morgan fingerprint density at radius 1 is 1.07 bits per heavy atom. The van der Waals surface area contributed by atoms with Gasteiger partial charge in [0, 0.05) is 39.8 Å². The van der Waals surface area contributed by atoms with Crippen molar-refractivity contribution in [3.05, 3.63) is 57.8 Å². The maximum Gasteiger partial charge on any atom is 0.191 e. The number of likely N-dealkylation sites (N-methyl/N-ethyl adjacent to an activating group) is 1. The smallest absolute Gasteiger partial charge is 0.191 e. The second-order valence-electron chi connectivity index (χ2n) is 8.01. The van der Waals surface area contributed by atoms with E-state index < -0.39 is 0 Å². The minimum Gasteiger partial charge on any atom is -0.356 e. The molecule has 0 saturated carbocycles. The number of aliphatic imine (C=N–C) groups is 1. The number of hydrogen-bond acceptors (Lipinski definition) is 4. The summed E-state index contributed by atoms with van der Waals surface area (Å²) in [5.41, 5.74) is 4.05. The Morgan fingerprint density at radius 3 is 2.53 bits per heavy atom. The lowest BCUT2D eigenvalue weighted by molar-refractivity contribution is 0.269. The molecule has 1 unspecified atom stereocenters. The molecule has 0 amide bonds. The lowest BCUT2D eigenvalue weighted by atomic mass is 10.1. The van der Waals surface area contributed by atoms with Gasteiger partial charge in [0.2, 0.25) is 0 Å². The molecule has 2 heterocycles. The maximum absolute atomic E-state index is 4.35. The number of guanidine groups is 1. The molecule has 1 aromatic carbocycles. The minimum atomic E-state index is 0. The molecule has 3 rings (SSSR count). The van der Waals surface area contributed by atoms with Gasteiger partial charge in [0.15, 0.2) is 5.96 Å². The van der Waals surface area contributed by atoms with Crippen LogP contribution in [0.15, 0.2) is 46.1 Å². The highest BCUT2D eigenvalue weighted by atomic mass is 127. The first-order chi connectivity index (χ1) is 14.1. The molecular formula is C23H36IN5S. The fourth-order valence-electron chi connectivity index (χ4n) is 3.61. The molecule has 1 fully saturated rings. The van der Waals surface area contributed by atoms with Crippen LogP contribution in [0.4, 0.5) is 0 Å². The van der Waals surface area contributed by atoms with E-state index in [1.54, 1.807) is 11.3 Å². The van der Waals surface area contributed by atoms with Crippen molar-refractivity contribution in [1.29, 1.82) is 0 Å². The normalized spacial score (nSPS) is 17.1. The molecule has 0 bridgehead atoms. The number of hydrogen-bond donors (Lipinski definition) is 2. The molecule has 0 radical (unpaired) electrons. The van der Waals surface area contributed by atoms with Gasteiger partial charge in [-0.1, -0.05) is 31.2 Å². The van der Waals surface area contributed by atoms with Gasteiger partial charge in [-0.15, -0.1) is 24.0 Å². The number of benzene rings is 1. The van der Waals surface area contributed by atoms with Crippen molar-refractivity contribution >= 4 is 41.3 Å². The molecule has 0 aliphatic carbocycles. The first-order valence-electron chi connectivity index (χ1n) is 10.6. The van der Waals surface area contributed by atoms with Crippen LogP contribution < -0.4 is 10.6 Å². The molecule has 0 spiro atoms. The molecule has 166 valence electrons. The highest BCUT2D eigenvalue weighted by Gasteiger charge is 2.12. The topological polar surface area (TPSA) is 42.9 Å². The largest absolute Gasteiger partial charge is 0.356 e. The SMILES string of the molecule is CN=C(NCc1ccc(CN2CCCN(C)CC2)cc1)NCC(C)c1ccsc1.I. The summed E-state index contributed by atoms with van der Waals surface area (Å²) in [5.74, 6) is 1.32. The van der Waals surface area contributed by atoms with E-state index in [9.17, 15) is 0 Å². The summed E-state index contributed by atoms with van der Waals surface area (Å²) in [6.07, 6.45) is 1.26.